The molecule has 1 unspecified atom stereocenters. The van der Waals surface area contributed by atoms with E-state index in [9.17, 15) is 4.79 Å². The minimum atomic E-state index is -0.218. The summed E-state index contributed by atoms with van der Waals surface area (Å²) in [6.07, 6.45) is 0.872. The number of aryl methyl sites for hydroxylation is 1. The third kappa shape index (κ3) is 3.71. The van der Waals surface area contributed by atoms with E-state index < -0.39 is 0 Å². The Hall–Kier alpha value is -0.540. The van der Waals surface area contributed by atoms with Crippen molar-refractivity contribution < 1.29 is 4.79 Å². The molecule has 0 heterocycles. The van der Waals surface area contributed by atoms with Gasteiger partial charge in [0.15, 0.2) is 0 Å². The smallest absolute Gasteiger partial charge is 0.251 e. The van der Waals surface area contributed by atoms with E-state index in [1.807, 2.05) is 19.9 Å². The van der Waals surface area contributed by atoms with Crippen molar-refractivity contribution in [1.82, 2.24) is 5.32 Å². The predicted octanol–water partition coefficient (Wildman–Crippen LogP) is 3.94. The summed E-state index contributed by atoms with van der Waals surface area (Å²) in [5, 5.41) is 4.44. The molecule has 0 saturated carbocycles. The predicted molar refractivity (Wildman–Crippen MR) is 76.1 cm³/mol. The second-order valence-corrected chi connectivity index (χ2v) is 5.43. The van der Waals surface area contributed by atoms with Gasteiger partial charge in [0.05, 0.1) is 0 Å². The van der Waals surface area contributed by atoms with Gasteiger partial charge in [-0.05, 0) is 44.0 Å². The van der Waals surface area contributed by atoms with Crippen LogP contribution in [-0.2, 0) is 0 Å². The van der Waals surface area contributed by atoms with Gasteiger partial charge < -0.3 is 5.32 Å². The first kappa shape index (κ1) is 14.5. The Morgan fingerprint density at radius 2 is 2.18 bits per heavy atom. The number of nitrogens with one attached hydrogen (secondary N) is 1. The van der Waals surface area contributed by atoms with Gasteiger partial charge in [-0.1, -0.05) is 34.5 Å². The third-order valence-electron chi connectivity index (χ3n) is 2.91. The summed E-state index contributed by atoms with van der Waals surface area (Å²) in [5.74, 6) is -0.0615. The van der Waals surface area contributed by atoms with Crippen molar-refractivity contribution in [3.05, 3.63) is 34.3 Å². The van der Waals surface area contributed by atoms with E-state index in [4.69, 9.17) is 11.6 Å². The van der Waals surface area contributed by atoms with Crippen LogP contribution in [0.5, 0.6) is 0 Å². The highest BCUT2D eigenvalue weighted by Gasteiger charge is 2.23. The van der Waals surface area contributed by atoms with Crippen LogP contribution in [0, 0.1) is 6.92 Å². The lowest BCUT2D eigenvalue weighted by molar-refractivity contribution is 0.0913. The van der Waals surface area contributed by atoms with Crippen LogP contribution in [0.15, 0.2) is 18.2 Å². The normalized spacial score (nSPS) is 14.2. The quantitative estimate of drug-likeness (QED) is 0.837. The zero-order chi connectivity index (χ0) is 13.1. The molecule has 1 aromatic carbocycles. The minimum Gasteiger partial charge on any atom is -0.346 e. The Kier molecular flexibility index (Phi) is 5.02. The van der Waals surface area contributed by atoms with Crippen molar-refractivity contribution in [2.45, 2.75) is 32.7 Å². The first-order valence-electron chi connectivity index (χ1n) is 5.56. The number of alkyl halides is 1. The molecule has 94 valence electrons. The average Bonchev–Trinajstić information content (AvgIpc) is 2.32. The van der Waals surface area contributed by atoms with Crippen molar-refractivity contribution in [3.8, 4) is 0 Å². The Morgan fingerprint density at radius 3 is 2.65 bits per heavy atom. The number of halogens is 2. The lowest BCUT2D eigenvalue weighted by atomic mass is 10.0. The SMILES string of the molecule is CCC(C)(CBr)NC(=O)c1ccc(Cl)c(C)c1. The summed E-state index contributed by atoms with van der Waals surface area (Å²) < 4.78 is 0. The average molecular weight is 319 g/mol. The second kappa shape index (κ2) is 5.87. The van der Waals surface area contributed by atoms with Gasteiger partial charge in [0, 0.05) is 21.5 Å². The van der Waals surface area contributed by atoms with Gasteiger partial charge in [0.2, 0.25) is 0 Å². The van der Waals surface area contributed by atoms with Gasteiger partial charge in [-0.15, -0.1) is 0 Å². The van der Waals surface area contributed by atoms with Gasteiger partial charge in [0.1, 0.15) is 0 Å². The molecule has 17 heavy (non-hydrogen) atoms. The van der Waals surface area contributed by atoms with E-state index in [0.717, 1.165) is 17.3 Å². The van der Waals surface area contributed by atoms with Crippen LogP contribution in [0.3, 0.4) is 0 Å². The standard InChI is InChI=1S/C13H17BrClNO/c1-4-13(3,8-14)16-12(17)10-5-6-11(15)9(2)7-10/h5-7H,4,8H2,1-3H3,(H,16,17). The summed E-state index contributed by atoms with van der Waals surface area (Å²) in [4.78, 5) is 12.1. The molecular weight excluding hydrogens is 302 g/mol. The van der Waals surface area contributed by atoms with E-state index >= 15 is 0 Å². The minimum absolute atomic E-state index is 0.0615. The fourth-order valence-electron chi connectivity index (χ4n) is 1.35. The summed E-state index contributed by atoms with van der Waals surface area (Å²) in [6.45, 7) is 5.96. The number of hydrogen-bond acceptors (Lipinski definition) is 1. The highest BCUT2D eigenvalue weighted by Crippen LogP contribution is 2.18. The third-order valence-corrected chi connectivity index (χ3v) is 4.57. The molecule has 0 saturated heterocycles. The van der Waals surface area contributed by atoms with Crippen LogP contribution >= 0.6 is 27.5 Å². The first-order valence-corrected chi connectivity index (χ1v) is 7.06. The van der Waals surface area contributed by atoms with E-state index in [-0.39, 0.29) is 11.4 Å². The molecule has 0 aliphatic carbocycles. The lowest BCUT2D eigenvalue weighted by Crippen LogP contribution is -2.46. The molecule has 4 heteroatoms. The number of carbonyl (C=O) groups excluding carboxylic acids is 1. The largest absolute Gasteiger partial charge is 0.346 e. The molecule has 0 aliphatic heterocycles. The van der Waals surface area contributed by atoms with Gasteiger partial charge in [-0.3, -0.25) is 4.79 Å². The molecule has 0 aromatic heterocycles. The van der Waals surface area contributed by atoms with Gasteiger partial charge in [0.25, 0.3) is 5.91 Å². The van der Waals surface area contributed by atoms with Crippen LogP contribution in [0.4, 0.5) is 0 Å². The van der Waals surface area contributed by atoms with E-state index in [0.29, 0.717) is 10.6 Å². The van der Waals surface area contributed by atoms with Crippen LogP contribution in [-0.4, -0.2) is 16.8 Å². The molecule has 1 rings (SSSR count). The fraction of sp³-hybridized carbons (Fsp3) is 0.462. The molecule has 0 aliphatic rings. The van der Waals surface area contributed by atoms with Crippen LogP contribution in [0.1, 0.15) is 36.2 Å². The van der Waals surface area contributed by atoms with Crippen LogP contribution < -0.4 is 5.32 Å². The maximum atomic E-state index is 12.1. The van der Waals surface area contributed by atoms with Gasteiger partial charge >= 0.3 is 0 Å². The van der Waals surface area contributed by atoms with E-state index in [2.05, 4.69) is 28.2 Å². The summed E-state index contributed by atoms with van der Waals surface area (Å²) in [6, 6.07) is 5.31. The Balaban J connectivity index is 2.86. The maximum Gasteiger partial charge on any atom is 0.251 e. The van der Waals surface area contributed by atoms with Gasteiger partial charge in [-0.25, -0.2) is 0 Å². The molecule has 1 atom stereocenters. The fourth-order valence-corrected chi connectivity index (χ4v) is 2.00. The van der Waals surface area contributed by atoms with Crippen molar-refractivity contribution >= 4 is 33.4 Å². The van der Waals surface area contributed by atoms with E-state index in [1.54, 1.807) is 12.1 Å². The topological polar surface area (TPSA) is 29.1 Å². The molecule has 0 bridgehead atoms. The second-order valence-electron chi connectivity index (χ2n) is 4.47. The maximum absolute atomic E-state index is 12.1. The molecule has 0 fully saturated rings. The van der Waals surface area contributed by atoms with E-state index in [1.165, 1.54) is 0 Å². The molecule has 2 nitrogen and oxygen atoms in total. The number of amides is 1. The summed E-state index contributed by atoms with van der Waals surface area (Å²) in [5.41, 5.74) is 1.34. The zero-order valence-corrected chi connectivity index (χ0v) is 12.7. The van der Waals surface area contributed by atoms with Crippen molar-refractivity contribution in [1.29, 1.82) is 0 Å². The van der Waals surface area contributed by atoms with Gasteiger partial charge in [-0.2, -0.15) is 0 Å². The highest BCUT2D eigenvalue weighted by molar-refractivity contribution is 9.09. The monoisotopic (exact) mass is 317 g/mol. The molecule has 0 radical (unpaired) electrons. The number of benzene rings is 1. The van der Waals surface area contributed by atoms with Crippen molar-refractivity contribution in [2.75, 3.05) is 5.33 Å². The summed E-state index contributed by atoms with van der Waals surface area (Å²) >= 11 is 9.36. The molecule has 1 amide bonds. The lowest BCUT2D eigenvalue weighted by Gasteiger charge is -2.27. The molecule has 0 spiro atoms. The highest BCUT2D eigenvalue weighted by atomic mass is 79.9. The molecule has 1 aromatic rings. The van der Waals surface area contributed by atoms with Crippen LogP contribution in [0.25, 0.3) is 0 Å². The first-order chi connectivity index (χ1) is 7.91. The van der Waals surface area contributed by atoms with Crippen LogP contribution in [0.2, 0.25) is 5.02 Å². The Bertz CT molecular complexity index is 416. The molecule has 1 N–H and O–H groups in total. The summed E-state index contributed by atoms with van der Waals surface area (Å²) in [7, 11) is 0. The number of hydrogen-bond donors (Lipinski definition) is 1. The zero-order valence-electron chi connectivity index (χ0n) is 10.3. The number of carbonyl (C=O) groups is 1. The van der Waals surface area contributed by atoms with Crippen molar-refractivity contribution in [3.63, 3.8) is 0 Å². The number of rotatable bonds is 4. The Morgan fingerprint density at radius 1 is 1.53 bits per heavy atom. The molecular formula is C13H17BrClNO. The van der Waals surface area contributed by atoms with Crippen molar-refractivity contribution in [2.24, 2.45) is 0 Å². The Labute approximate surface area is 116 Å².